The zero-order valence-corrected chi connectivity index (χ0v) is 8.44. The minimum absolute atomic E-state index is 0.0435. The third-order valence-electron chi connectivity index (χ3n) is 1.63. The van der Waals surface area contributed by atoms with Gasteiger partial charge >= 0.3 is 0 Å². The number of rotatable bonds is 1. The standard InChI is InChI=1S/C7H5BrFN5/c8-4-1-2-5(9)6(3-4)14-7(10)11-12-13-14/h1-3H,(H2,10,11,13). The number of hydrogen-bond acceptors (Lipinski definition) is 4. The van der Waals surface area contributed by atoms with Gasteiger partial charge in [-0.25, -0.2) is 4.39 Å². The number of nitrogens with two attached hydrogens (primary N) is 1. The van der Waals surface area contributed by atoms with E-state index in [0.717, 1.165) is 9.15 Å². The van der Waals surface area contributed by atoms with Gasteiger partial charge in [-0.1, -0.05) is 21.0 Å². The zero-order valence-electron chi connectivity index (χ0n) is 6.85. The maximum atomic E-state index is 13.3. The fourth-order valence-electron chi connectivity index (χ4n) is 1.01. The van der Waals surface area contributed by atoms with E-state index in [1.807, 2.05) is 0 Å². The summed E-state index contributed by atoms with van der Waals surface area (Å²) in [6.07, 6.45) is 0. The number of hydrogen-bond donors (Lipinski definition) is 1. The van der Waals surface area contributed by atoms with E-state index in [0.29, 0.717) is 0 Å². The molecule has 0 atom stereocenters. The SMILES string of the molecule is Nc1nnnn1-c1cc(Br)ccc1F. The lowest BCUT2D eigenvalue weighted by Crippen LogP contribution is -2.04. The fraction of sp³-hybridized carbons (Fsp3) is 0. The number of halogens is 2. The Labute approximate surface area is 86.8 Å². The molecule has 0 bridgehead atoms. The summed E-state index contributed by atoms with van der Waals surface area (Å²) in [6, 6.07) is 4.43. The van der Waals surface area contributed by atoms with Crippen LogP contribution >= 0.6 is 15.9 Å². The predicted molar refractivity (Wildman–Crippen MR) is 51.2 cm³/mol. The monoisotopic (exact) mass is 257 g/mol. The first-order valence-corrected chi connectivity index (χ1v) is 4.47. The van der Waals surface area contributed by atoms with Crippen molar-refractivity contribution in [2.75, 3.05) is 5.73 Å². The van der Waals surface area contributed by atoms with Gasteiger partial charge < -0.3 is 5.73 Å². The van der Waals surface area contributed by atoms with Crippen LogP contribution in [0.3, 0.4) is 0 Å². The summed E-state index contributed by atoms with van der Waals surface area (Å²) in [7, 11) is 0. The highest BCUT2D eigenvalue weighted by Gasteiger charge is 2.09. The maximum absolute atomic E-state index is 13.3. The molecule has 2 aromatic rings. The topological polar surface area (TPSA) is 69.6 Å². The average Bonchev–Trinajstić information content (AvgIpc) is 2.56. The normalized spacial score (nSPS) is 10.4. The molecule has 0 aliphatic rings. The second-order valence-electron chi connectivity index (χ2n) is 2.54. The molecule has 0 saturated carbocycles. The van der Waals surface area contributed by atoms with Gasteiger partial charge in [0.15, 0.2) is 0 Å². The summed E-state index contributed by atoms with van der Waals surface area (Å²) in [5, 5.41) is 10.3. The van der Waals surface area contributed by atoms with Crippen molar-refractivity contribution in [1.82, 2.24) is 20.2 Å². The van der Waals surface area contributed by atoms with Crippen LogP contribution < -0.4 is 5.73 Å². The molecule has 5 nitrogen and oxygen atoms in total. The van der Waals surface area contributed by atoms with Crippen molar-refractivity contribution in [1.29, 1.82) is 0 Å². The van der Waals surface area contributed by atoms with E-state index in [2.05, 4.69) is 31.5 Å². The van der Waals surface area contributed by atoms with E-state index in [1.165, 1.54) is 6.07 Å². The van der Waals surface area contributed by atoms with Crippen LogP contribution in [0.2, 0.25) is 0 Å². The molecule has 1 aromatic heterocycles. The first kappa shape index (κ1) is 9.07. The van der Waals surface area contributed by atoms with Crippen molar-refractivity contribution in [3.63, 3.8) is 0 Å². The van der Waals surface area contributed by atoms with Crippen molar-refractivity contribution in [3.05, 3.63) is 28.5 Å². The highest BCUT2D eigenvalue weighted by atomic mass is 79.9. The highest BCUT2D eigenvalue weighted by molar-refractivity contribution is 9.10. The largest absolute Gasteiger partial charge is 0.366 e. The molecule has 14 heavy (non-hydrogen) atoms. The molecule has 0 spiro atoms. The lowest BCUT2D eigenvalue weighted by atomic mass is 10.3. The first-order chi connectivity index (χ1) is 6.68. The van der Waals surface area contributed by atoms with Crippen LogP contribution in [-0.2, 0) is 0 Å². The molecular weight excluding hydrogens is 253 g/mol. The Bertz CT molecular complexity index is 469. The number of tetrazole rings is 1. The molecule has 0 aliphatic carbocycles. The van der Waals surface area contributed by atoms with Gasteiger partial charge in [0.2, 0.25) is 5.95 Å². The Hall–Kier alpha value is -1.50. The molecule has 0 amide bonds. The van der Waals surface area contributed by atoms with Crippen LogP contribution in [0.5, 0.6) is 0 Å². The minimum Gasteiger partial charge on any atom is -0.366 e. The Morgan fingerprint density at radius 3 is 2.86 bits per heavy atom. The number of benzene rings is 1. The molecule has 0 aliphatic heterocycles. The van der Waals surface area contributed by atoms with Crippen LogP contribution in [-0.4, -0.2) is 20.2 Å². The zero-order chi connectivity index (χ0) is 10.1. The Morgan fingerprint density at radius 1 is 1.43 bits per heavy atom. The van der Waals surface area contributed by atoms with Crippen LogP contribution in [0.1, 0.15) is 0 Å². The van der Waals surface area contributed by atoms with Gasteiger partial charge in [0.25, 0.3) is 0 Å². The molecule has 2 N–H and O–H groups in total. The van der Waals surface area contributed by atoms with Crippen LogP contribution in [0.25, 0.3) is 5.69 Å². The quantitative estimate of drug-likeness (QED) is 0.832. The summed E-state index contributed by atoms with van der Waals surface area (Å²) in [4.78, 5) is 0. The lowest BCUT2D eigenvalue weighted by Gasteiger charge is -2.02. The van der Waals surface area contributed by atoms with Gasteiger partial charge in [0.05, 0.1) is 0 Å². The highest BCUT2D eigenvalue weighted by Crippen LogP contribution is 2.19. The molecule has 7 heteroatoms. The number of anilines is 1. The lowest BCUT2D eigenvalue weighted by molar-refractivity contribution is 0.607. The smallest absolute Gasteiger partial charge is 0.245 e. The molecule has 72 valence electrons. The van der Waals surface area contributed by atoms with E-state index in [-0.39, 0.29) is 11.6 Å². The van der Waals surface area contributed by atoms with Crippen molar-refractivity contribution in [2.24, 2.45) is 0 Å². The van der Waals surface area contributed by atoms with Gasteiger partial charge in [-0.15, -0.1) is 0 Å². The third kappa shape index (κ3) is 1.46. The minimum atomic E-state index is -0.438. The van der Waals surface area contributed by atoms with E-state index in [1.54, 1.807) is 12.1 Å². The fourth-order valence-corrected chi connectivity index (χ4v) is 1.36. The predicted octanol–water partition coefficient (Wildman–Crippen LogP) is 1.15. The number of nitrogens with zero attached hydrogens (tertiary/aromatic N) is 4. The van der Waals surface area contributed by atoms with E-state index >= 15 is 0 Å². The van der Waals surface area contributed by atoms with Crippen LogP contribution in [0.15, 0.2) is 22.7 Å². The molecule has 1 aromatic carbocycles. The Kier molecular flexibility index (Phi) is 2.16. The average molecular weight is 258 g/mol. The summed E-state index contributed by atoms with van der Waals surface area (Å²) >= 11 is 3.22. The second-order valence-corrected chi connectivity index (χ2v) is 3.46. The third-order valence-corrected chi connectivity index (χ3v) is 2.12. The molecule has 0 fully saturated rings. The molecule has 2 rings (SSSR count). The molecule has 0 saturated heterocycles. The van der Waals surface area contributed by atoms with Crippen molar-refractivity contribution < 1.29 is 4.39 Å². The van der Waals surface area contributed by atoms with Crippen LogP contribution in [0.4, 0.5) is 10.3 Å². The Balaban J connectivity index is 2.62. The summed E-state index contributed by atoms with van der Waals surface area (Å²) in [5.41, 5.74) is 5.65. The summed E-state index contributed by atoms with van der Waals surface area (Å²) < 4.78 is 15.2. The van der Waals surface area contributed by atoms with Gasteiger partial charge in [0.1, 0.15) is 11.5 Å². The number of aromatic nitrogens is 4. The van der Waals surface area contributed by atoms with Crippen LogP contribution in [0, 0.1) is 5.82 Å². The van der Waals surface area contributed by atoms with E-state index in [4.69, 9.17) is 5.73 Å². The van der Waals surface area contributed by atoms with Crippen molar-refractivity contribution >= 4 is 21.9 Å². The summed E-state index contributed by atoms with van der Waals surface area (Å²) in [5.74, 6) is -0.394. The van der Waals surface area contributed by atoms with Gasteiger partial charge in [0, 0.05) is 4.47 Å². The van der Waals surface area contributed by atoms with E-state index < -0.39 is 5.82 Å². The maximum Gasteiger partial charge on any atom is 0.245 e. The first-order valence-electron chi connectivity index (χ1n) is 3.68. The molecule has 0 unspecified atom stereocenters. The van der Waals surface area contributed by atoms with E-state index in [9.17, 15) is 4.39 Å². The van der Waals surface area contributed by atoms with Crippen molar-refractivity contribution in [3.8, 4) is 5.69 Å². The number of nitrogen functional groups attached to an aromatic ring is 1. The molecule has 1 heterocycles. The summed E-state index contributed by atoms with van der Waals surface area (Å²) in [6.45, 7) is 0. The second kappa shape index (κ2) is 3.33. The van der Waals surface area contributed by atoms with Gasteiger partial charge in [-0.05, 0) is 28.6 Å². The van der Waals surface area contributed by atoms with Gasteiger partial charge in [-0.3, -0.25) is 0 Å². The molecular formula is C7H5BrFN5. The van der Waals surface area contributed by atoms with Crippen molar-refractivity contribution in [2.45, 2.75) is 0 Å². The molecule has 0 radical (unpaired) electrons. The Morgan fingerprint density at radius 2 is 2.21 bits per heavy atom. The van der Waals surface area contributed by atoms with Gasteiger partial charge in [-0.2, -0.15) is 4.68 Å².